The molecular formula is C11H18N2. The Balaban J connectivity index is 2.53. The van der Waals surface area contributed by atoms with Crippen LogP contribution in [0.5, 0.6) is 0 Å². The fourth-order valence-corrected chi connectivity index (χ4v) is 1.16. The molecule has 0 fully saturated rings. The van der Waals surface area contributed by atoms with E-state index >= 15 is 0 Å². The minimum atomic E-state index is 0.460. The maximum atomic E-state index is 5.52. The van der Waals surface area contributed by atoms with E-state index in [0.29, 0.717) is 12.5 Å². The molecule has 0 saturated carbocycles. The average Bonchev–Trinajstić information content (AvgIpc) is 2.14. The van der Waals surface area contributed by atoms with Gasteiger partial charge in [0.05, 0.1) is 0 Å². The van der Waals surface area contributed by atoms with Gasteiger partial charge in [-0.2, -0.15) is 0 Å². The topological polar surface area (TPSA) is 29.3 Å². The summed E-state index contributed by atoms with van der Waals surface area (Å²) in [7, 11) is 2.07. The summed E-state index contributed by atoms with van der Waals surface area (Å²) in [5.74, 6) is 0.460. The summed E-state index contributed by atoms with van der Waals surface area (Å²) in [6.45, 7) is 3.83. The van der Waals surface area contributed by atoms with Gasteiger partial charge in [-0.15, -0.1) is 0 Å². The van der Waals surface area contributed by atoms with Crippen molar-refractivity contribution >= 4 is 0 Å². The molecule has 0 bridgehead atoms. The lowest BCUT2D eigenvalue weighted by molar-refractivity contribution is 0.501. The first-order valence-electron chi connectivity index (χ1n) is 4.69. The molecule has 1 aliphatic heterocycles. The lowest BCUT2D eigenvalue weighted by Gasteiger charge is -2.16. The smallest absolute Gasteiger partial charge is 0.0354 e. The van der Waals surface area contributed by atoms with E-state index in [-0.39, 0.29) is 0 Å². The predicted octanol–water partition coefficient (Wildman–Crippen LogP) is 1.52. The zero-order valence-electron chi connectivity index (χ0n) is 8.40. The zero-order valence-corrected chi connectivity index (χ0v) is 8.40. The predicted molar refractivity (Wildman–Crippen MR) is 57.2 cm³/mol. The number of allylic oxidation sites excluding steroid dienone is 3. The first-order chi connectivity index (χ1) is 6.22. The van der Waals surface area contributed by atoms with E-state index in [9.17, 15) is 0 Å². The number of hydrogen-bond acceptors (Lipinski definition) is 2. The minimum absolute atomic E-state index is 0.460. The van der Waals surface area contributed by atoms with E-state index < -0.39 is 0 Å². The van der Waals surface area contributed by atoms with Gasteiger partial charge >= 0.3 is 0 Å². The van der Waals surface area contributed by atoms with Crippen molar-refractivity contribution in [2.45, 2.75) is 6.92 Å². The number of nitrogens with two attached hydrogens (primary N) is 1. The molecule has 0 aliphatic carbocycles. The third-order valence-corrected chi connectivity index (χ3v) is 2.06. The van der Waals surface area contributed by atoms with E-state index in [1.54, 1.807) is 0 Å². The van der Waals surface area contributed by atoms with Crippen molar-refractivity contribution in [3.05, 3.63) is 36.1 Å². The molecule has 13 heavy (non-hydrogen) atoms. The summed E-state index contributed by atoms with van der Waals surface area (Å²) >= 11 is 0. The minimum Gasteiger partial charge on any atom is -0.376 e. The Morgan fingerprint density at radius 2 is 2.46 bits per heavy atom. The van der Waals surface area contributed by atoms with Gasteiger partial charge in [0.1, 0.15) is 0 Å². The molecule has 2 nitrogen and oxygen atoms in total. The molecule has 0 saturated heterocycles. The average molecular weight is 178 g/mol. The van der Waals surface area contributed by atoms with Crippen LogP contribution >= 0.6 is 0 Å². The quantitative estimate of drug-likeness (QED) is 0.710. The molecule has 1 aliphatic rings. The fraction of sp³-hybridized carbons (Fsp3) is 0.455. The third kappa shape index (κ3) is 3.47. The Labute approximate surface area is 80.4 Å². The third-order valence-electron chi connectivity index (χ3n) is 2.06. The molecule has 0 aromatic heterocycles. The Kier molecular flexibility index (Phi) is 3.77. The van der Waals surface area contributed by atoms with Gasteiger partial charge in [-0.05, 0) is 18.0 Å². The summed E-state index contributed by atoms with van der Waals surface area (Å²) in [5, 5.41) is 0. The number of hydrogen-bond donors (Lipinski definition) is 1. The van der Waals surface area contributed by atoms with Crippen LogP contribution in [0.1, 0.15) is 6.92 Å². The second-order valence-corrected chi connectivity index (χ2v) is 3.54. The van der Waals surface area contributed by atoms with Crippen LogP contribution < -0.4 is 5.73 Å². The van der Waals surface area contributed by atoms with Crippen LogP contribution in [-0.4, -0.2) is 25.0 Å². The maximum Gasteiger partial charge on any atom is 0.0354 e. The summed E-state index contributed by atoms with van der Waals surface area (Å²) < 4.78 is 0. The van der Waals surface area contributed by atoms with E-state index in [4.69, 9.17) is 5.73 Å². The molecule has 1 atom stereocenters. The van der Waals surface area contributed by atoms with E-state index in [1.807, 2.05) is 0 Å². The highest BCUT2D eigenvalue weighted by molar-refractivity contribution is 5.32. The van der Waals surface area contributed by atoms with Gasteiger partial charge in [-0.1, -0.05) is 31.2 Å². The Morgan fingerprint density at radius 3 is 3.08 bits per heavy atom. The normalized spacial score (nSPS) is 19.3. The number of likely N-dealkylation sites (N-methyl/N-ethyl adjacent to an activating group) is 1. The molecule has 1 rings (SSSR count). The summed E-state index contributed by atoms with van der Waals surface area (Å²) in [4.78, 5) is 2.16. The fourth-order valence-electron chi connectivity index (χ4n) is 1.16. The summed E-state index contributed by atoms with van der Waals surface area (Å²) in [5.41, 5.74) is 6.76. The summed E-state index contributed by atoms with van der Waals surface area (Å²) in [6, 6.07) is 0. The maximum absolute atomic E-state index is 5.52. The van der Waals surface area contributed by atoms with Crippen molar-refractivity contribution in [3.8, 4) is 0 Å². The van der Waals surface area contributed by atoms with Crippen molar-refractivity contribution in [2.75, 3.05) is 20.1 Å². The molecule has 0 amide bonds. The van der Waals surface area contributed by atoms with Crippen molar-refractivity contribution in [2.24, 2.45) is 11.7 Å². The lowest BCUT2D eigenvalue weighted by Crippen LogP contribution is -2.13. The second-order valence-electron chi connectivity index (χ2n) is 3.54. The van der Waals surface area contributed by atoms with Gasteiger partial charge in [0, 0.05) is 19.8 Å². The molecule has 1 heterocycles. The Morgan fingerprint density at radius 1 is 1.69 bits per heavy atom. The highest BCUT2D eigenvalue weighted by Crippen LogP contribution is 2.08. The summed E-state index contributed by atoms with van der Waals surface area (Å²) in [6.07, 6.45) is 10.7. The van der Waals surface area contributed by atoms with Gasteiger partial charge in [-0.25, -0.2) is 0 Å². The monoisotopic (exact) mass is 178 g/mol. The van der Waals surface area contributed by atoms with Gasteiger partial charge in [-0.3, -0.25) is 0 Å². The van der Waals surface area contributed by atoms with Crippen LogP contribution in [-0.2, 0) is 0 Å². The lowest BCUT2D eigenvalue weighted by atomic mass is 10.1. The van der Waals surface area contributed by atoms with Crippen molar-refractivity contribution < 1.29 is 0 Å². The number of nitrogens with zero attached hydrogens (tertiary/aromatic N) is 1. The van der Waals surface area contributed by atoms with Gasteiger partial charge in [0.15, 0.2) is 0 Å². The molecule has 2 N–H and O–H groups in total. The standard InChI is InChI=1S/C11H18N2/c1-10(8-12)5-6-11-4-3-7-13(2)9-11/h3-6,9-10H,7-8,12H2,1-2H3. The highest BCUT2D eigenvalue weighted by Gasteiger charge is 1.97. The van der Waals surface area contributed by atoms with Crippen LogP contribution in [0.3, 0.4) is 0 Å². The Bertz CT molecular complexity index is 238. The first-order valence-corrected chi connectivity index (χ1v) is 4.69. The van der Waals surface area contributed by atoms with E-state index in [1.165, 1.54) is 5.57 Å². The second kappa shape index (κ2) is 4.87. The zero-order chi connectivity index (χ0) is 9.68. The van der Waals surface area contributed by atoms with Crippen LogP contribution in [0.25, 0.3) is 0 Å². The van der Waals surface area contributed by atoms with Crippen molar-refractivity contribution in [1.29, 1.82) is 0 Å². The molecule has 0 spiro atoms. The molecule has 2 heteroatoms. The van der Waals surface area contributed by atoms with E-state index in [0.717, 1.165) is 6.54 Å². The largest absolute Gasteiger partial charge is 0.376 e. The Hall–Kier alpha value is -1.02. The highest BCUT2D eigenvalue weighted by atomic mass is 15.1. The number of rotatable bonds is 3. The molecule has 0 aromatic carbocycles. The van der Waals surface area contributed by atoms with Crippen LogP contribution in [0, 0.1) is 5.92 Å². The van der Waals surface area contributed by atoms with Gasteiger partial charge in [0.2, 0.25) is 0 Å². The molecule has 1 unspecified atom stereocenters. The van der Waals surface area contributed by atoms with Crippen molar-refractivity contribution in [3.63, 3.8) is 0 Å². The van der Waals surface area contributed by atoms with Gasteiger partial charge in [0.25, 0.3) is 0 Å². The molecule has 0 aromatic rings. The SMILES string of the molecule is CC(C=CC1=CN(C)CC=C1)CN. The van der Waals surface area contributed by atoms with E-state index in [2.05, 4.69) is 49.4 Å². The first kappa shape index (κ1) is 10.1. The van der Waals surface area contributed by atoms with Crippen LogP contribution in [0.4, 0.5) is 0 Å². The molecular weight excluding hydrogens is 160 g/mol. The molecule has 0 radical (unpaired) electrons. The van der Waals surface area contributed by atoms with Crippen LogP contribution in [0.15, 0.2) is 36.1 Å². The molecule has 72 valence electrons. The van der Waals surface area contributed by atoms with Gasteiger partial charge < -0.3 is 10.6 Å². The van der Waals surface area contributed by atoms with Crippen molar-refractivity contribution in [1.82, 2.24) is 4.90 Å². The van der Waals surface area contributed by atoms with Crippen LogP contribution in [0.2, 0.25) is 0 Å².